The highest BCUT2D eigenvalue weighted by atomic mass is 32.2. The van der Waals surface area contributed by atoms with E-state index in [1.54, 1.807) is 24.3 Å². The lowest BCUT2D eigenvalue weighted by molar-refractivity contribution is 0.0199. The van der Waals surface area contributed by atoms with Gasteiger partial charge in [0.2, 0.25) is 0 Å². The van der Waals surface area contributed by atoms with Crippen molar-refractivity contribution in [1.82, 2.24) is 10.2 Å². The van der Waals surface area contributed by atoms with Crippen LogP contribution in [-0.4, -0.2) is 69.7 Å². The van der Waals surface area contributed by atoms with E-state index in [4.69, 9.17) is 4.74 Å². The summed E-state index contributed by atoms with van der Waals surface area (Å²) >= 11 is 0. The van der Waals surface area contributed by atoms with Gasteiger partial charge in [-0.25, -0.2) is 8.42 Å². The predicted octanol–water partition coefficient (Wildman–Crippen LogP) is 1.04. The second kappa shape index (κ2) is 9.09. The molecule has 6 nitrogen and oxygen atoms in total. The third kappa shape index (κ3) is 6.04. The van der Waals surface area contributed by atoms with Crippen LogP contribution in [0.2, 0.25) is 0 Å². The predicted molar refractivity (Wildman–Crippen MR) is 98.3 cm³/mol. The Kier molecular flexibility index (Phi) is 7.39. The molecule has 2 N–H and O–H groups in total. The first-order valence-electron chi connectivity index (χ1n) is 8.82. The smallest absolute Gasteiger partial charge is 0.175 e. The standard InChI is InChI=1S/C18H30N2O4S/c1-4-5-10-20(2)12-17-18(21)16(13-24-17)19-11-14-6-8-15(9-7-14)25(3,22)23/h6-9,16-19,21H,4-5,10-13H2,1-3H3. The van der Waals surface area contributed by atoms with Crippen LogP contribution < -0.4 is 5.32 Å². The fourth-order valence-electron chi connectivity index (χ4n) is 2.95. The lowest BCUT2D eigenvalue weighted by Crippen LogP contribution is -2.44. The largest absolute Gasteiger partial charge is 0.389 e. The van der Waals surface area contributed by atoms with E-state index >= 15 is 0 Å². The number of hydrogen-bond acceptors (Lipinski definition) is 6. The van der Waals surface area contributed by atoms with E-state index in [0.29, 0.717) is 18.0 Å². The van der Waals surface area contributed by atoms with E-state index in [1.165, 1.54) is 6.26 Å². The Morgan fingerprint density at radius 3 is 2.60 bits per heavy atom. The molecule has 3 atom stereocenters. The highest BCUT2D eigenvalue weighted by Crippen LogP contribution is 2.17. The van der Waals surface area contributed by atoms with E-state index < -0.39 is 15.9 Å². The van der Waals surface area contributed by atoms with Gasteiger partial charge in [0, 0.05) is 19.3 Å². The normalized spacial score (nSPS) is 24.1. The van der Waals surface area contributed by atoms with Gasteiger partial charge in [-0.3, -0.25) is 0 Å². The maximum absolute atomic E-state index is 11.5. The molecular weight excluding hydrogens is 340 g/mol. The first-order valence-corrected chi connectivity index (χ1v) is 10.7. The summed E-state index contributed by atoms with van der Waals surface area (Å²) in [6.07, 6.45) is 2.78. The summed E-state index contributed by atoms with van der Waals surface area (Å²) < 4.78 is 28.7. The summed E-state index contributed by atoms with van der Waals surface area (Å²) in [4.78, 5) is 2.51. The quantitative estimate of drug-likeness (QED) is 0.676. The average Bonchev–Trinajstić information content (AvgIpc) is 2.91. The Hall–Kier alpha value is -0.990. The van der Waals surface area contributed by atoms with E-state index in [9.17, 15) is 13.5 Å². The van der Waals surface area contributed by atoms with E-state index in [2.05, 4.69) is 24.2 Å². The van der Waals surface area contributed by atoms with Crippen molar-refractivity contribution in [3.63, 3.8) is 0 Å². The number of benzene rings is 1. The molecule has 2 rings (SSSR count). The molecular formula is C18H30N2O4S. The van der Waals surface area contributed by atoms with E-state index in [-0.39, 0.29) is 12.1 Å². The fourth-order valence-corrected chi connectivity index (χ4v) is 3.58. The summed E-state index contributed by atoms with van der Waals surface area (Å²) in [5, 5.41) is 13.8. The number of sulfone groups is 1. The Labute approximate surface area is 151 Å². The zero-order chi connectivity index (χ0) is 18.4. The molecule has 0 spiro atoms. The van der Waals surface area contributed by atoms with Gasteiger partial charge in [0.25, 0.3) is 0 Å². The van der Waals surface area contributed by atoms with Gasteiger partial charge in [-0.1, -0.05) is 25.5 Å². The third-order valence-corrected chi connectivity index (χ3v) is 5.72. The van der Waals surface area contributed by atoms with Crippen molar-refractivity contribution < 1.29 is 18.3 Å². The molecule has 0 aliphatic carbocycles. The maximum Gasteiger partial charge on any atom is 0.175 e. The minimum absolute atomic E-state index is 0.112. The van der Waals surface area contributed by atoms with Gasteiger partial charge in [-0.05, 0) is 37.7 Å². The lowest BCUT2D eigenvalue weighted by Gasteiger charge is -2.23. The fraction of sp³-hybridized carbons (Fsp3) is 0.667. The van der Waals surface area contributed by atoms with Crippen LogP contribution in [0.25, 0.3) is 0 Å². The molecule has 1 aromatic carbocycles. The molecule has 0 amide bonds. The molecule has 1 aliphatic rings. The number of likely N-dealkylation sites (N-methyl/N-ethyl adjacent to an activating group) is 1. The molecule has 7 heteroatoms. The number of unbranched alkanes of at least 4 members (excludes halogenated alkanes) is 1. The minimum Gasteiger partial charge on any atom is -0.389 e. The van der Waals surface area contributed by atoms with Gasteiger partial charge in [-0.2, -0.15) is 0 Å². The van der Waals surface area contributed by atoms with Crippen LogP contribution in [-0.2, 0) is 21.1 Å². The number of hydrogen-bond donors (Lipinski definition) is 2. The molecule has 0 aromatic heterocycles. The van der Waals surface area contributed by atoms with Gasteiger partial charge in [0.05, 0.1) is 29.8 Å². The highest BCUT2D eigenvalue weighted by molar-refractivity contribution is 7.90. The van der Waals surface area contributed by atoms with Crippen molar-refractivity contribution in [2.45, 2.75) is 49.5 Å². The van der Waals surface area contributed by atoms with Crippen molar-refractivity contribution in [1.29, 1.82) is 0 Å². The van der Waals surface area contributed by atoms with Crippen molar-refractivity contribution in [3.05, 3.63) is 29.8 Å². The van der Waals surface area contributed by atoms with Crippen molar-refractivity contribution in [2.75, 3.05) is 33.0 Å². The van der Waals surface area contributed by atoms with Crippen LogP contribution in [0.1, 0.15) is 25.3 Å². The molecule has 1 aromatic rings. The monoisotopic (exact) mass is 370 g/mol. The Morgan fingerprint density at radius 2 is 2.00 bits per heavy atom. The SMILES string of the molecule is CCCCN(C)CC1OCC(NCc2ccc(S(C)(=O)=O)cc2)C1O. The van der Waals surface area contributed by atoms with Crippen LogP contribution in [0.3, 0.4) is 0 Å². The molecule has 3 unspecified atom stereocenters. The van der Waals surface area contributed by atoms with Gasteiger partial charge in [-0.15, -0.1) is 0 Å². The number of aliphatic hydroxyl groups excluding tert-OH is 1. The van der Waals surface area contributed by atoms with Gasteiger partial charge >= 0.3 is 0 Å². The second-order valence-corrected chi connectivity index (χ2v) is 8.90. The molecule has 1 heterocycles. The first-order chi connectivity index (χ1) is 11.8. The summed E-state index contributed by atoms with van der Waals surface area (Å²) in [5.74, 6) is 0. The molecule has 0 saturated carbocycles. The Balaban J connectivity index is 1.81. The lowest BCUT2D eigenvalue weighted by atomic mass is 10.1. The van der Waals surface area contributed by atoms with Gasteiger partial charge in [0.15, 0.2) is 9.84 Å². The van der Waals surface area contributed by atoms with Crippen molar-refractivity contribution >= 4 is 9.84 Å². The van der Waals surface area contributed by atoms with Crippen LogP contribution in [0.5, 0.6) is 0 Å². The van der Waals surface area contributed by atoms with Crippen LogP contribution in [0.4, 0.5) is 0 Å². The Morgan fingerprint density at radius 1 is 1.32 bits per heavy atom. The molecule has 0 radical (unpaired) electrons. The minimum atomic E-state index is -3.17. The molecule has 0 bridgehead atoms. The summed E-state index contributed by atoms with van der Waals surface area (Å²) in [7, 11) is -1.12. The first kappa shape index (κ1) is 20.3. The summed E-state index contributed by atoms with van der Waals surface area (Å²) in [6, 6.07) is 6.70. The van der Waals surface area contributed by atoms with Crippen LogP contribution in [0, 0.1) is 0 Å². The number of nitrogens with one attached hydrogen (secondary N) is 1. The Bertz CT molecular complexity index is 633. The van der Waals surface area contributed by atoms with Crippen LogP contribution in [0.15, 0.2) is 29.2 Å². The van der Waals surface area contributed by atoms with E-state index in [1.807, 2.05) is 0 Å². The zero-order valence-corrected chi connectivity index (χ0v) is 16.1. The van der Waals surface area contributed by atoms with Crippen molar-refractivity contribution in [2.24, 2.45) is 0 Å². The molecule has 1 aliphatic heterocycles. The number of ether oxygens (including phenoxy) is 1. The number of rotatable bonds is 9. The average molecular weight is 371 g/mol. The number of nitrogens with zero attached hydrogens (tertiary/aromatic N) is 1. The zero-order valence-electron chi connectivity index (χ0n) is 15.3. The molecule has 1 fully saturated rings. The topological polar surface area (TPSA) is 78.9 Å². The van der Waals surface area contributed by atoms with E-state index in [0.717, 1.165) is 31.5 Å². The molecule has 1 saturated heterocycles. The van der Waals surface area contributed by atoms with Gasteiger partial charge in [0.1, 0.15) is 0 Å². The maximum atomic E-state index is 11.5. The molecule has 25 heavy (non-hydrogen) atoms. The third-order valence-electron chi connectivity index (χ3n) is 4.59. The number of aliphatic hydroxyl groups is 1. The molecule has 142 valence electrons. The second-order valence-electron chi connectivity index (χ2n) is 6.88. The summed E-state index contributed by atoms with van der Waals surface area (Å²) in [6.45, 7) is 4.94. The summed E-state index contributed by atoms with van der Waals surface area (Å²) in [5.41, 5.74) is 0.975. The highest BCUT2D eigenvalue weighted by Gasteiger charge is 2.35. The van der Waals surface area contributed by atoms with Gasteiger partial charge < -0.3 is 20.1 Å². The van der Waals surface area contributed by atoms with Crippen LogP contribution >= 0.6 is 0 Å². The van der Waals surface area contributed by atoms with Crippen molar-refractivity contribution in [3.8, 4) is 0 Å².